The Kier molecular flexibility index (Phi) is 5.81. The van der Waals surface area contributed by atoms with Gasteiger partial charge in [0.05, 0.1) is 16.9 Å². The van der Waals surface area contributed by atoms with Gasteiger partial charge in [0.1, 0.15) is 0 Å². The summed E-state index contributed by atoms with van der Waals surface area (Å²) in [6.07, 6.45) is 0.393. The Morgan fingerprint density at radius 2 is 1.96 bits per heavy atom. The first kappa shape index (κ1) is 19.4. The summed E-state index contributed by atoms with van der Waals surface area (Å²) in [5.41, 5.74) is -0.616. The number of sulfonamides is 1. The van der Waals surface area contributed by atoms with E-state index in [2.05, 4.69) is 4.72 Å². The molecule has 1 heterocycles. The number of carboxylic acids is 1. The Morgan fingerprint density at radius 3 is 2.48 bits per heavy atom. The van der Waals surface area contributed by atoms with Gasteiger partial charge in [0.15, 0.2) is 0 Å². The van der Waals surface area contributed by atoms with Gasteiger partial charge in [0.25, 0.3) is 5.91 Å². The first-order chi connectivity index (χ1) is 11.7. The SMILES string of the molecule is COCCNS(=O)(=O)c1ccc(C(=O)N2CCC(C)(C(=O)O)C2)cc1. The third-order valence-electron chi connectivity index (χ3n) is 4.29. The molecule has 2 N–H and O–H groups in total. The normalized spacial score (nSPS) is 20.6. The molecule has 25 heavy (non-hydrogen) atoms. The molecule has 1 aliphatic heterocycles. The molecule has 0 radical (unpaired) electrons. The van der Waals surface area contributed by atoms with Gasteiger partial charge in [-0.1, -0.05) is 0 Å². The second-order valence-electron chi connectivity index (χ2n) is 6.26. The molecule has 1 fully saturated rings. The second-order valence-corrected chi connectivity index (χ2v) is 8.02. The van der Waals surface area contributed by atoms with E-state index in [1.54, 1.807) is 6.92 Å². The molecule has 1 aromatic rings. The molecule has 8 nitrogen and oxygen atoms in total. The molecular formula is C16H22N2O6S. The average Bonchev–Trinajstić information content (AvgIpc) is 2.98. The Balaban J connectivity index is 2.07. The zero-order valence-electron chi connectivity index (χ0n) is 14.2. The van der Waals surface area contributed by atoms with E-state index in [1.165, 1.54) is 36.3 Å². The van der Waals surface area contributed by atoms with Crippen LogP contribution >= 0.6 is 0 Å². The van der Waals surface area contributed by atoms with E-state index < -0.39 is 21.4 Å². The van der Waals surface area contributed by atoms with Crippen LogP contribution in [0.4, 0.5) is 0 Å². The summed E-state index contributed by atoms with van der Waals surface area (Å²) in [6, 6.07) is 5.58. The number of likely N-dealkylation sites (tertiary alicyclic amines) is 1. The maximum Gasteiger partial charge on any atom is 0.311 e. The van der Waals surface area contributed by atoms with Gasteiger partial charge >= 0.3 is 5.97 Å². The van der Waals surface area contributed by atoms with Crippen LogP contribution in [0.15, 0.2) is 29.2 Å². The summed E-state index contributed by atoms with van der Waals surface area (Å²) >= 11 is 0. The molecule has 1 amide bonds. The predicted octanol–water partition coefficient (Wildman–Crippen LogP) is 0.548. The van der Waals surface area contributed by atoms with E-state index in [1.807, 2.05) is 0 Å². The van der Waals surface area contributed by atoms with Crippen molar-refractivity contribution in [3.63, 3.8) is 0 Å². The van der Waals surface area contributed by atoms with Crippen molar-refractivity contribution in [3.8, 4) is 0 Å². The Hall–Kier alpha value is -1.97. The molecule has 2 rings (SSSR count). The fourth-order valence-electron chi connectivity index (χ4n) is 2.63. The van der Waals surface area contributed by atoms with Crippen LogP contribution in [0.1, 0.15) is 23.7 Å². The summed E-state index contributed by atoms with van der Waals surface area (Å²) in [7, 11) is -2.18. The zero-order valence-corrected chi connectivity index (χ0v) is 15.0. The molecule has 0 saturated carbocycles. The lowest BCUT2D eigenvalue weighted by Gasteiger charge is -2.20. The highest BCUT2D eigenvalue weighted by Crippen LogP contribution is 2.31. The Bertz CT molecular complexity index is 746. The molecule has 1 aromatic carbocycles. The topological polar surface area (TPSA) is 113 Å². The van der Waals surface area contributed by atoms with Gasteiger partial charge in [-0.3, -0.25) is 9.59 Å². The number of aliphatic carboxylic acids is 1. The minimum atomic E-state index is -3.66. The predicted molar refractivity (Wildman–Crippen MR) is 89.8 cm³/mol. The summed E-state index contributed by atoms with van der Waals surface area (Å²) < 4.78 is 31.3. The third-order valence-corrected chi connectivity index (χ3v) is 5.76. The highest BCUT2D eigenvalue weighted by atomic mass is 32.2. The molecule has 1 saturated heterocycles. The van der Waals surface area contributed by atoms with Crippen LogP contribution < -0.4 is 4.72 Å². The van der Waals surface area contributed by atoms with Crippen LogP contribution in [0.2, 0.25) is 0 Å². The molecule has 0 bridgehead atoms. The number of hydrogen-bond donors (Lipinski definition) is 2. The van der Waals surface area contributed by atoms with Crippen molar-refractivity contribution in [2.75, 3.05) is 33.4 Å². The van der Waals surface area contributed by atoms with Crippen molar-refractivity contribution in [2.45, 2.75) is 18.2 Å². The van der Waals surface area contributed by atoms with Gasteiger partial charge in [-0.05, 0) is 37.6 Å². The summed E-state index contributed by atoms with van der Waals surface area (Å²) in [5.74, 6) is -1.23. The monoisotopic (exact) mass is 370 g/mol. The number of nitrogens with one attached hydrogen (secondary N) is 1. The number of nitrogens with zero attached hydrogens (tertiary/aromatic N) is 1. The molecule has 1 atom stereocenters. The number of ether oxygens (including phenoxy) is 1. The van der Waals surface area contributed by atoms with Crippen molar-refractivity contribution in [3.05, 3.63) is 29.8 Å². The highest BCUT2D eigenvalue weighted by molar-refractivity contribution is 7.89. The Morgan fingerprint density at radius 1 is 1.32 bits per heavy atom. The Labute approximate surface area is 146 Å². The molecule has 0 aliphatic carbocycles. The number of carboxylic acid groups (broad SMARTS) is 1. The average molecular weight is 370 g/mol. The summed E-state index contributed by atoms with van der Waals surface area (Å²) in [6.45, 7) is 2.53. The minimum absolute atomic E-state index is 0.0527. The maximum atomic E-state index is 12.5. The van der Waals surface area contributed by atoms with E-state index in [0.717, 1.165) is 0 Å². The number of methoxy groups -OCH3 is 1. The molecule has 1 unspecified atom stereocenters. The summed E-state index contributed by atoms with van der Waals surface area (Å²) in [4.78, 5) is 25.3. The highest BCUT2D eigenvalue weighted by Gasteiger charge is 2.42. The molecule has 9 heteroatoms. The molecule has 138 valence electrons. The van der Waals surface area contributed by atoms with E-state index in [0.29, 0.717) is 18.5 Å². The van der Waals surface area contributed by atoms with E-state index >= 15 is 0 Å². The number of hydrogen-bond acceptors (Lipinski definition) is 5. The minimum Gasteiger partial charge on any atom is -0.481 e. The smallest absolute Gasteiger partial charge is 0.311 e. The van der Waals surface area contributed by atoms with Crippen molar-refractivity contribution in [1.82, 2.24) is 9.62 Å². The zero-order chi connectivity index (χ0) is 18.7. The number of rotatable bonds is 7. The van der Waals surface area contributed by atoms with Crippen LogP contribution in [0.25, 0.3) is 0 Å². The van der Waals surface area contributed by atoms with E-state index in [-0.39, 0.29) is 30.5 Å². The first-order valence-corrected chi connectivity index (χ1v) is 9.29. The van der Waals surface area contributed by atoms with Gasteiger partial charge in [-0.25, -0.2) is 13.1 Å². The molecule has 0 aromatic heterocycles. The maximum absolute atomic E-state index is 12.5. The van der Waals surface area contributed by atoms with E-state index in [4.69, 9.17) is 4.74 Å². The van der Waals surface area contributed by atoms with Crippen LogP contribution in [0.3, 0.4) is 0 Å². The lowest BCUT2D eigenvalue weighted by molar-refractivity contribution is -0.147. The van der Waals surface area contributed by atoms with Crippen LogP contribution in [0.5, 0.6) is 0 Å². The number of carbonyl (C=O) groups is 2. The molecule has 0 spiro atoms. The third kappa shape index (κ3) is 4.36. The quantitative estimate of drug-likeness (QED) is 0.678. The van der Waals surface area contributed by atoms with E-state index in [9.17, 15) is 23.1 Å². The number of benzene rings is 1. The van der Waals surface area contributed by atoms with Gasteiger partial charge in [0.2, 0.25) is 10.0 Å². The fraction of sp³-hybridized carbons (Fsp3) is 0.500. The lowest BCUT2D eigenvalue weighted by Crippen LogP contribution is -2.34. The van der Waals surface area contributed by atoms with Crippen molar-refractivity contribution >= 4 is 21.9 Å². The summed E-state index contributed by atoms with van der Waals surface area (Å²) in [5, 5.41) is 9.24. The largest absolute Gasteiger partial charge is 0.481 e. The fourth-order valence-corrected chi connectivity index (χ4v) is 3.64. The van der Waals surface area contributed by atoms with Gasteiger partial charge in [-0.2, -0.15) is 0 Å². The van der Waals surface area contributed by atoms with Crippen molar-refractivity contribution in [1.29, 1.82) is 0 Å². The molecular weight excluding hydrogens is 348 g/mol. The lowest BCUT2D eigenvalue weighted by atomic mass is 9.90. The van der Waals surface area contributed by atoms with Crippen molar-refractivity contribution < 1.29 is 27.9 Å². The second kappa shape index (κ2) is 7.51. The number of amides is 1. The first-order valence-electron chi connectivity index (χ1n) is 7.81. The van der Waals surface area contributed by atoms with Gasteiger partial charge in [0, 0.05) is 32.3 Å². The van der Waals surface area contributed by atoms with Crippen LogP contribution in [-0.2, 0) is 19.6 Å². The van der Waals surface area contributed by atoms with Gasteiger partial charge < -0.3 is 14.7 Å². The van der Waals surface area contributed by atoms with Crippen molar-refractivity contribution in [2.24, 2.45) is 5.41 Å². The van der Waals surface area contributed by atoms with Crippen LogP contribution in [0, 0.1) is 5.41 Å². The van der Waals surface area contributed by atoms with Gasteiger partial charge in [-0.15, -0.1) is 0 Å². The molecule has 1 aliphatic rings. The standard InChI is InChI=1S/C16H22N2O6S/c1-16(15(20)21)7-9-18(11-16)14(19)12-3-5-13(6-4-12)25(22,23)17-8-10-24-2/h3-6,17H,7-11H2,1-2H3,(H,20,21). The number of carbonyl (C=O) groups excluding carboxylic acids is 1. The van der Waals surface area contributed by atoms with Crippen LogP contribution in [-0.4, -0.2) is 63.7 Å².